The van der Waals surface area contributed by atoms with Gasteiger partial charge in [0.05, 0.1) is 0 Å². The van der Waals surface area contributed by atoms with Crippen molar-refractivity contribution in [1.29, 1.82) is 0 Å². The summed E-state index contributed by atoms with van der Waals surface area (Å²) in [6, 6.07) is 15.9. The lowest BCUT2D eigenvalue weighted by Gasteiger charge is -2.37. The summed E-state index contributed by atoms with van der Waals surface area (Å²) in [6.07, 6.45) is 5.30. The Morgan fingerprint density at radius 2 is 1.52 bits per heavy atom. The van der Waals surface area contributed by atoms with Crippen LogP contribution in [-0.4, -0.2) is 6.04 Å². The van der Waals surface area contributed by atoms with E-state index in [1.165, 1.54) is 42.1 Å². The summed E-state index contributed by atoms with van der Waals surface area (Å²) in [4.78, 5) is 0. The van der Waals surface area contributed by atoms with Crippen molar-refractivity contribution in [3.63, 3.8) is 0 Å². The van der Waals surface area contributed by atoms with Crippen LogP contribution >= 0.6 is 0 Å². The zero-order chi connectivity index (χ0) is 14.9. The van der Waals surface area contributed by atoms with E-state index in [0.29, 0.717) is 11.5 Å². The van der Waals surface area contributed by atoms with Crippen LogP contribution in [0.5, 0.6) is 0 Å². The molecule has 1 aliphatic rings. The van der Waals surface area contributed by atoms with Crippen molar-refractivity contribution in [2.45, 2.75) is 52.5 Å². The summed E-state index contributed by atoms with van der Waals surface area (Å²) in [5.74, 6) is 0.878. The first-order valence-electron chi connectivity index (χ1n) is 8.28. The maximum absolute atomic E-state index is 3.80. The van der Waals surface area contributed by atoms with E-state index in [-0.39, 0.29) is 0 Å². The van der Waals surface area contributed by atoms with Gasteiger partial charge in [-0.15, -0.1) is 0 Å². The molecule has 1 nitrogen and oxygen atoms in total. The van der Waals surface area contributed by atoms with Gasteiger partial charge in [0.25, 0.3) is 0 Å². The summed E-state index contributed by atoms with van der Waals surface area (Å²) < 4.78 is 0. The molecule has 0 bridgehead atoms. The molecule has 0 amide bonds. The maximum Gasteiger partial charge on any atom is 0.0422 e. The second-order valence-corrected chi connectivity index (χ2v) is 7.59. The molecule has 1 saturated carbocycles. The van der Waals surface area contributed by atoms with Crippen LogP contribution in [-0.2, 0) is 0 Å². The highest BCUT2D eigenvalue weighted by Gasteiger charge is 2.29. The minimum absolute atomic E-state index is 0.463. The van der Waals surface area contributed by atoms with Crippen molar-refractivity contribution in [1.82, 2.24) is 0 Å². The average molecular weight is 281 g/mol. The van der Waals surface area contributed by atoms with Gasteiger partial charge in [-0.05, 0) is 48.5 Å². The molecule has 0 aromatic heterocycles. The molecule has 1 N–H and O–H groups in total. The van der Waals surface area contributed by atoms with Gasteiger partial charge in [-0.2, -0.15) is 0 Å². The lowest BCUT2D eigenvalue weighted by atomic mass is 9.71. The molecule has 0 unspecified atom stereocenters. The van der Waals surface area contributed by atoms with Gasteiger partial charge >= 0.3 is 0 Å². The van der Waals surface area contributed by atoms with Crippen LogP contribution in [0.1, 0.15) is 46.5 Å². The minimum atomic E-state index is 0.463. The second-order valence-electron chi connectivity index (χ2n) is 7.59. The molecule has 1 aliphatic carbocycles. The topological polar surface area (TPSA) is 12.0 Å². The number of hydrogen-bond donors (Lipinski definition) is 1. The fourth-order valence-electron chi connectivity index (χ4n) is 3.67. The van der Waals surface area contributed by atoms with Crippen LogP contribution in [0.3, 0.4) is 0 Å². The first-order valence-corrected chi connectivity index (χ1v) is 8.28. The molecule has 1 fully saturated rings. The van der Waals surface area contributed by atoms with Crippen LogP contribution in [0.15, 0.2) is 42.5 Å². The lowest BCUT2D eigenvalue weighted by molar-refractivity contribution is 0.173. The first-order chi connectivity index (χ1) is 10.0. The minimum Gasteiger partial charge on any atom is -0.382 e. The van der Waals surface area contributed by atoms with Crippen molar-refractivity contribution in [3.05, 3.63) is 42.5 Å². The SMILES string of the molecule is CC(C)(C)C1CCC(Nc2cccc3ccccc23)CC1. The predicted octanol–water partition coefficient (Wildman–Crippen LogP) is 5.86. The quantitative estimate of drug-likeness (QED) is 0.727. The number of benzene rings is 2. The normalized spacial score (nSPS) is 23.2. The second kappa shape index (κ2) is 5.71. The van der Waals surface area contributed by atoms with Crippen molar-refractivity contribution >= 4 is 16.5 Å². The Balaban J connectivity index is 1.70. The highest BCUT2D eigenvalue weighted by molar-refractivity contribution is 5.93. The highest BCUT2D eigenvalue weighted by atomic mass is 14.9. The van der Waals surface area contributed by atoms with Gasteiger partial charge in [-0.3, -0.25) is 0 Å². The van der Waals surface area contributed by atoms with Crippen LogP contribution in [0.25, 0.3) is 10.8 Å². The van der Waals surface area contributed by atoms with E-state index >= 15 is 0 Å². The Kier molecular flexibility index (Phi) is 3.93. The summed E-state index contributed by atoms with van der Waals surface area (Å²) in [5.41, 5.74) is 1.76. The van der Waals surface area contributed by atoms with Gasteiger partial charge < -0.3 is 5.32 Å². The first kappa shape index (κ1) is 14.4. The third-order valence-electron chi connectivity index (χ3n) is 5.10. The van der Waals surface area contributed by atoms with Crippen molar-refractivity contribution in [2.24, 2.45) is 11.3 Å². The fourth-order valence-corrected chi connectivity index (χ4v) is 3.67. The van der Waals surface area contributed by atoms with Crippen molar-refractivity contribution < 1.29 is 0 Å². The Hall–Kier alpha value is -1.50. The van der Waals surface area contributed by atoms with E-state index in [0.717, 1.165) is 5.92 Å². The van der Waals surface area contributed by atoms with Crippen LogP contribution in [0.2, 0.25) is 0 Å². The Morgan fingerprint density at radius 1 is 0.857 bits per heavy atom. The highest BCUT2D eigenvalue weighted by Crippen LogP contribution is 2.38. The van der Waals surface area contributed by atoms with Gasteiger partial charge in [0.2, 0.25) is 0 Å². The molecule has 112 valence electrons. The third-order valence-corrected chi connectivity index (χ3v) is 5.10. The van der Waals surface area contributed by atoms with E-state index in [9.17, 15) is 0 Å². The van der Waals surface area contributed by atoms with Crippen LogP contribution in [0, 0.1) is 11.3 Å². The molecular weight excluding hydrogens is 254 g/mol. The van der Waals surface area contributed by atoms with Crippen molar-refractivity contribution in [3.8, 4) is 0 Å². The molecule has 0 spiro atoms. The molecule has 0 radical (unpaired) electrons. The molecule has 1 heteroatoms. The van der Waals surface area contributed by atoms with Crippen LogP contribution < -0.4 is 5.32 Å². The standard InChI is InChI=1S/C20H27N/c1-20(2,3)16-11-13-17(14-12-16)21-19-10-6-8-15-7-4-5-9-18(15)19/h4-10,16-17,21H,11-14H2,1-3H3. The molecule has 2 aromatic rings. The van der Waals surface area contributed by atoms with E-state index in [2.05, 4.69) is 68.6 Å². The van der Waals surface area contributed by atoms with Gasteiger partial charge in [0.1, 0.15) is 0 Å². The lowest BCUT2D eigenvalue weighted by Crippen LogP contribution is -2.31. The summed E-state index contributed by atoms with van der Waals surface area (Å²) in [6.45, 7) is 7.16. The zero-order valence-electron chi connectivity index (χ0n) is 13.5. The maximum atomic E-state index is 3.80. The fraction of sp³-hybridized carbons (Fsp3) is 0.500. The Morgan fingerprint density at radius 3 is 2.24 bits per heavy atom. The van der Waals surface area contributed by atoms with Crippen molar-refractivity contribution in [2.75, 3.05) is 5.32 Å². The smallest absolute Gasteiger partial charge is 0.0422 e. The van der Waals surface area contributed by atoms with E-state index < -0.39 is 0 Å². The van der Waals surface area contributed by atoms with Gasteiger partial charge in [0.15, 0.2) is 0 Å². The van der Waals surface area contributed by atoms with E-state index in [1.54, 1.807) is 0 Å². The molecule has 0 heterocycles. The largest absolute Gasteiger partial charge is 0.382 e. The molecule has 2 aromatic carbocycles. The molecule has 0 atom stereocenters. The Bertz CT molecular complexity index is 595. The summed E-state index contributed by atoms with van der Waals surface area (Å²) in [7, 11) is 0. The predicted molar refractivity (Wildman–Crippen MR) is 92.8 cm³/mol. The van der Waals surface area contributed by atoms with Crippen LogP contribution in [0.4, 0.5) is 5.69 Å². The molecule has 0 aliphatic heterocycles. The molecule has 3 rings (SSSR count). The monoisotopic (exact) mass is 281 g/mol. The average Bonchev–Trinajstić information content (AvgIpc) is 2.47. The summed E-state index contributed by atoms with van der Waals surface area (Å²) in [5, 5.41) is 6.47. The number of hydrogen-bond acceptors (Lipinski definition) is 1. The number of rotatable bonds is 2. The number of anilines is 1. The number of fused-ring (bicyclic) bond motifs is 1. The van der Waals surface area contributed by atoms with Gasteiger partial charge in [-0.25, -0.2) is 0 Å². The Labute approximate surface area is 128 Å². The molecule has 21 heavy (non-hydrogen) atoms. The summed E-state index contributed by atoms with van der Waals surface area (Å²) >= 11 is 0. The number of nitrogens with one attached hydrogen (secondary N) is 1. The third kappa shape index (κ3) is 3.23. The van der Waals surface area contributed by atoms with Gasteiger partial charge in [0, 0.05) is 17.1 Å². The van der Waals surface area contributed by atoms with Gasteiger partial charge in [-0.1, -0.05) is 57.2 Å². The van der Waals surface area contributed by atoms with E-state index in [1.807, 2.05) is 0 Å². The zero-order valence-corrected chi connectivity index (χ0v) is 13.5. The molecule has 0 saturated heterocycles. The van der Waals surface area contributed by atoms with E-state index in [4.69, 9.17) is 0 Å². The molecular formula is C20H27N.